The predicted molar refractivity (Wildman–Crippen MR) is 75.5 cm³/mol. The van der Waals surface area contributed by atoms with Crippen LogP contribution in [0, 0.1) is 0 Å². The van der Waals surface area contributed by atoms with Crippen molar-refractivity contribution in [2.24, 2.45) is 0 Å². The first kappa shape index (κ1) is 14.7. The van der Waals surface area contributed by atoms with Gasteiger partial charge in [-0.3, -0.25) is 0 Å². The van der Waals surface area contributed by atoms with Gasteiger partial charge >= 0.3 is 0 Å². The van der Waals surface area contributed by atoms with Crippen LogP contribution in [0.3, 0.4) is 0 Å². The molecule has 0 aromatic rings. The Morgan fingerprint density at radius 3 is 1.93 bits per heavy atom. The molecule has 0 radical (unpaired) electrons. The van der Waals surface area contributed by atoms with Crippen LogP contribution in [0.15, 0.2) is 25.3 Å². The van der Waals surface area contributed by atoms with Crippen LogP contribution in [0.25, 0.3) is 0 Å². The fraction of sp³-hybridized carbons (Fsp3) is 0.714. The van der Waals surface area contributed by atoms with Crippen molar-refractivity contribution in [3.63, 3.8) is 0 Å². The molecule has 0 nitrogen and oxygen atoms in total. The molecule has 0 amide bonds. The molecule has 0 fully saturated rings. The molecule has 0 saturated heterocycles. The third kappa shape index (κ3) is 13.7. The molecular weight excluding hydrogens is 196 g/mol. The highest BCUT2D eigenvalue weighted by molar-refractivity contribution is 6.35. The van der Waals surface area contributed by atoms with Crippen LogP contribution in [-0.4, -0.2) is 9.52 Å². The molecule has 15 heavy (non-hydrogen) atoms. The van der Waals surface area contributed by atoms with Gasteiger partial charge in [0.05, 0.1) is 0 Å². The van der Waals surface area contributed by atoms with Gasteiger partial charge in [-0.1, -0.05) is 56.7 Å². The maximum Gasteiger partial charge on any atom is 0.0239 e. The Balaban J connectivity index is 2.86. The minimum Gasteiger partial charge on any atom is -0.103 e. The van der Waals surface area contributed by atoms with Crippen LogP contribution >= 0.6 is 0 Å². The largest absolute Gasteiger partial charge is 0.103 e. The monoisotopic (exact) mass is 224 g/mol. The highest BCUT2D eigenvalue weighted by atomic mass is 28.2. The van der Waals surface area contributed by atoms with Crippen molar-refractivity contribution >= 4 is 9.52 Å². The number of allylic oxidation sites excluding steroid dienone is 2. The Kier molecular flexibility index (Phi) is 13.4. The molecular formula is C14H28Si. The fourth-order valence-electron chi connectivity index (χ4n) is 1.81. The van der Waals surface area contributed by atoms with E-state index in [1.807, 2.05) is 6.08 Å². The summed E-state index contributed by atoms with van der Waals surface area (Å²) < 4.78 is 0. The van der Waals surface area contributed by atoms with Crippen LogP contribution in [0.1, 0.15) is 51.4 Å². The standard InChI is InChI=1S/C14H28Si/c1-3-5-6-7-8-9-10-11-12-14-15-13-4-2/h3-4H,1-2,5-15H2. The van der Waals surface area contributed by atoms with E-state index < -0.39 is 0 Å². The van der Waals surface area contributed by atoms with E-state index in [0.717, 1.165) is 0 Å². The van der Waals surface area contributed by atoms with Gasteiger partial charge in [0.15, 0.2) is 0 Å². The summed E-state index contributed by atoms with van der Waals surface area (Å²) in [5, 5.41) is 0. The normalized spacial score (nSPS) is 10.9. The summed E-state index contributed by atoms with van der Waals surface area (Å²) in [5.41, 5.74) is 0. The van der Waals surface area contributed by atoms with Crippen molar-refractivity contribution in [2.75, 3.05) is 0 Å². The maximum absolute atomic E-state index is 3.77. The lowest BCUT2D eigenvalue weighted by Crippen LogP contribution is -1.87. The van der Waals surface area contributed by atoms with Gasteiger partial charge in [0.25, 0.3) is 0 Å². The van der Waals surface area contributed by atoms with Crippen LogP contribution < -0.4 is 0 Å². The number of hydrogen-bond acceptors (Lipinski definition) is 0. The van der Waals surface area contributed by atoms with E-state index in [4.69, 9.17) is 0 Å². The van der Waals surface area contributed by atoms with Gasteiger partial charge < -0.3 is 0 Å². The molecule has 0 aromatic heterocycles. The van der Waals surface area contributed by atoms with Gasteiger partial charge in [-0.25, -0.2) is 0 Å². The highest BCUT2D eigenvalue weighted by Gasteiger charge is 1.91. The van der Waals surface area contributed by atoms with Crippen LogP contribution in [0.5, 0.6) is 0 Å². The van der Waals surface area contributed by atoms with Crippen LogP contribution in [0.4, 0.5) is 0 Å². The van der Waals surface area contributed by atoms with Crippen molar-refractivity contribution in [1.82, 2.24) is 0 Å². The van der Waals surface area contributed by atoms with Gasteiger partial charge in [-0.2, -0.15) is 0 Å². The summed E-state index contributed by atoms with van der Waals surface area (Å²) in [7, 11) is 0.231. The highest BCUT2D eigenvalue weighted by Crippen LogP contribution is 2.10. The summed E-state index contributed by atoms with van der Waals surface area (Å²) in [4.78, 5) is 0. The summed E-state index contributed by atoms with van der Waals surface area (Å²) >= 11 is 0. The molecule has 0 N–H and O–H groups in total. The summed E-state index contributed by atoms with van der Waals surface area (Å²) in [6.07, 6.45) is 15.3. The fourth-order valence-corrected chi connectivity index (χ4v) is 3.10. The van der Waals surface area contributed by atoms with Crippen molar-refractivity contribution in [3.05, 3.63) is 25.3 Å². The Hall–Kier alpha value is -0.303. The predicted octanol–water partition coefficient (Wildman–Crippen LogP) is 4.48. The molecule has 0 aromatic carbocycles. The quantitative estimate of drug-likeness (QED) is 0.260. The second-order valence-electron chi connectivity index (χ2n) is 4.34. The Labute approximate surface area is 98.7 Å². The molecule has 0 aliphatic heterocycles. The van der Waals surface area contributed by atoms with Crippen LogP contribution in [-0.2, 0) is 0 Å². The van der Waals surface area contributed by atoms with E-state index in [1.165, 1.54) is 63.5 Å². The van der Waals surface area contributed by atoms with E-state index in [0.29, 0.717) is 0 Å². The second kappa shape index (κ2) is 13.7. The zero-order valence-corrected chi connectivity index (χ0v) is 11.8. The molecule has 0 bridgehead atoms. The zero-order valence-electron chi connectivity index (χ0n) is 10.3. The molecule has 0 unspecified atom stereocenters. The molecule has 0 heterocycles. The number of unbranched alkanes of at least 4 members (excludes halogenated alkanes) is 7. The zero-order chi connectivity index (χ0) is 11.2. The molecule has 88 valence electrons. The molecule has 0 saturated carbocycles. The summed E-state index contributed by atoms with van der Waals surface area (Å²) in [6, 6.07) is 2.87. The average molecular weight is 224 g/mol. The van der Waals surface area contributed by atoms with Crippen molar-refractivity contribution in [2.45, 2.75) is 63.5 Å². The molecule has 0 atom stereocenters. The SMILES string of the molecule is C=CCCCCCCCCC[SiH2]CC=C. The topological polar surface area (TPSA) is 0 Å². The van der Waals surface area contributed by atoms with Gasteiger partial charge in [-0.15, -0.1) is 13.2 Å². The first-order valence-electron chi connectivity index (χ1n) is 6.63. The number of rotatable bonds is 12. The van der Waals surface area contributed by atoms with Crippen LogP contribution in [0.2, 0.25) is 12.1 Å². The van der Waals surface area contributed by atoms with Crippen molar-refractivity contribution < 1.29 is 0 Å². The smallest absolute Gasteiger partial charge is 0.0239 e. The van der Waals surface area contributed by atoms with E-state index in [1.54, 1.807) is 0 Å². The lowest BCUT2D eigenvalue weighted by Gasteiger charge is -2.00. The molecule has 1 heteroatoms. The summed E-state index contributed by atoms with van der Waals surface area (Å²) in [6.45, 7) is 7.51. The van der Waals surface area contributed by atoms with Crippen molar-refractivity contribution in [3.8, 4) is 0 Å². The van der Waals surface area contributed by atoms with Gasteiger partial charge in [0.1, 0.15) is 0 Å². The van der Waals surface area contributed by atoms with Crippen molar-refractivity contribution in [1.29, 1.82) is 0 Å². The lowest BCUT2D eigenvalue weighted by atomic mass is 10.1. The van der Waals surface area contributed by atoms with Gasteiger partial charge in [0, 0.05) is 9.52 Å². The first-order valence-corrected chi connectivity index (χ1v) is 8.63. The maximum atomic E-state index is 3.77. The average Bonchev–Trinajstić information content (AvgIpc) is 2.26. The minimum absolute atomic E-state index is 0.231. The second-order valence-corrected chi connectivity index (χ2v) is 6.33. The first-order chi connectivity index (χ1) is 7.41. The molecule has 0 rings (SSSR count). The molecule has 0 spiro atoms. The Morgan fingerprint density at radius 1 is 0.733 bits per heavy atom. The Morgan fingerprint density at radius 2 is 1.33 bits per heavy atom. The van der Waals surface area contributed by atoms with E-state index in [-0.39, 0.29) is 9.52 Å². The van der Waals surface area contributed by atoms with E-state index >= 15 is 0 Å². The Bertz CT molecular complexity index is 124. The van der Waals surface area contributed by atoms with E-state index in [2.05, 4.69) is 19.2 Å². The summed E-state index contributed by atoms with van der Waals surface area (Å²) in [5.74, 6) is 0. The molecule has 0 aliphatic rings. The van der Waals surface area contributed by atoms with E-state index in [9.17, 15) is 0 Å². The minimum atomic E-state index is 0.231. The molecule has 0 aliphatic carbocycles. The third-order valence-corrected chi connectivity index (χ3v) is 4.63. The lowest BCUT2D eigenvalue weighted by molar-refractivity contribution is 0.592. The third-order valence-electron chi connectivity index (χ3n) is 2.82. The number of hydrogen-bond donors (Lipinski definition) is 0. The van der Waals surface area contributed by atoms with Gasteiger partial charge in [-0.05, 0) is 18.9 Å². The van der Waals surface area contributed by atoms with Gasteiger partial charge in [0.2, 0.25) is 0 Å².